The van der Waals surface area contributed by atoms with E-state index in [1.165, 1.54) is 18.3 Å². The van der Waals surface area contributed by atoms with Crippen molar-refractivity contribution in [3.8, 4) is 10.6 Å². The Morgan fingerprint density at radius 2 is 2.26 bits per heavy atom. The average Bonchev–Trinajstić information content (AvgIpc) is 3.05. The first-order valence-electron chi connectivity index (χ1n) is 6.96. The number of carbonyl (C=O) groups excluding carboxylic acids is 2. The van der Waals surface area contributed by atoms with E-state index in [9.17, 15) is 14.0 Å². The Balaban J connectivity index is 1.76. The van der Waals surface area contributed by atoms with E-state index in [-0.39, 0.29) is 22.9 Å². The minimum Gasteiger partial charge on any atom is -0.352 e. The van der Waals surface area contributed by atoms with Crippen LogP contribution in [0.2, 0.25) is 5.02 Å². The number of rotatable bonds is 3. The zero-order valence-corrected chi connectivity index (χ0v) is 13.7. The Morgan fingerprint density at radius 3 is 2.91 bits per heavy atom. The van der Waals surface area contributed by atoms with Crippen molar-refractivity contribution >= 4 is 34.8 Å². The lowest BCUT2D eigenvalue weighted by atomic mass is 10.2. The Morgan fingerprint density at radius 1 is 1.48 bits per heavy atom. The number of hydrogen-bond acceptors (Lipinski definition) is 4. The highest BCUT2D eigenvalue weighted by molar-refractivity contribution is 7.16. The Bertz CT molecular complexity index is 760. The maximum atomic E-state index is 13.4. The van der Waals surface area contributed by atoms with Gasteiger partial charge in [0, 0.05) is 16.6 Å². The van der Waals surface area contributed by atoms with Gasteiger partial charge in [0.15, 0.2) is 0 Å². The Labute approximate surface area is 140 Å². The minimum absolute atomic E-state index is 0.0410. The second kappa shape index (κ2) is 6.25. The fourth-order valence-corrected chi connectivity index (χ4v) is 3.43. The monoisotopic (exact) mass is 353 g/mol. The van der Waals surface area contributed by atoms with Crippen molar-refractivity contribution in [2.75, 3.05) is 0 Å². The molecule has 0 bridgehead atoms. The molecule has 0 radical (unpaired) electrons. The first kappa shape index (κ1) is 15.9. The number of nitrogens with one attached hydrogen (secondary N) is 2. The van der Waals surface area contributed by atoms with E-state index in [2.05, 4.69) is 15.6 Å². The minimum atomic E-state index is -0.535. The van der Waals surface area contributed by atoms with Crippen molar-refractivity contribution in [3.05, 3.63) is 40.1 Å². The van der Waals surface area contributed by atoms with Crippen LogP contribution >= 0.6 is 22.9 Å². The highest BCUT2D eigenvalue weighted by atomic mass is 35.5. The van der Waals surface area contributed by atoms with Gasteiger partial charge in [0.25, 0.3) is 5.91 Å². The molecule has 0 aliphatic carbocycles. The van der Waals surface area contributed by atoms with Gasteiger partial charge in [-0.3, -0.25) is 9.59 Å². The van der Waals surface area contributed by atoms with Crippen LogP contribution in [-0.2, 0) is 4.79 Å². The van der Waals surface area contributed by atoms with Crippen molar-refractivity contribution in [1.29, 1.82) is 0 Å². The van der Waals surface area contributed by atoms with Crippen LogP contribution in [0.25, 0.3) is 10.6 Å². The molecule has 2 heterocycles. The fraction of sp³-hybridized carbons (Fsp3) is 0.267. The molecule has 120 valence electrons. The molecule has 5 nitrogen and oxygen atoms in total. The maximum Gasteiger partial charge on any atom is 0.263 e. The maximum absolute atomic E-state index is 13.4. The van der Waals surface area contributed by atoms with Crippen molar-refractivity contribution in [1.82, 2.24) is 15.6 Å². The smallest absolute Gasteiger partial charge is 0.263 e. The lowest BCUT2D eigenvalue weighted by molar-refractivity contribution is -0.120. The summed E-state index contributed by atoms with van der Waals surface area (Å²) < 4.78 is 13.4. The van der Waals surface area contributed by atoms with Crippen LogP contribution in [0.3, 0.4) is 0 Å². The van der Waals surface area contributed by atoms with Gasteiger partial charge in [0.2, 0.25) is 5.91 Å². The normalized spacial score (nSPS) is 20.4. The van der Waals surface area contributed by atoms with Gasteiger partial charge in [-0.2, -0.15) is 0 Å². The SMILES string of the molecule is C[C@@H]1CC(NC(=O)c2cnc(-c3cc(F)cc(Cl)c3)s2)C(=O)N1. The number of halogens is 2. The standard InChI is InChI=1S/C15H13ClFN3O2S/c1-7-2-11(13(21)19-7)20-14(22)12-6-18-15(23-12)8-3-9(16)5-10(17)4-8/h3-7,11H,2H2,1H3,(H,19,21)(H,20,22)/t7-,11?/m1/s1. The number of hydrogen-bond donors (Lipinski definition) is 2. The molecule has 2 atom stereocenters. The number of thiazole rings is 1. The second-order valence-corrected chi connectivity index (χ2v) is 6.83. The van der Waals surface area contributed by atoms with Gasteiger partial charge >= 0.3 is 0 Å². The number of carbonyl (C=O) groups is 2. The molecular formula is C15H13ClFN3O2S. The Hall–Kier alpha value is -1.99. The molecule has 1 unspecified atom stereocenters. The highest BCUT2D eigenvalue weighted by Gasteiger charge is 2.31. The van der Waals surface area contributed by atoms with Gasteiger partial charge in [-0.1, -0.05) is 11.6 Å². The summed E-state index contributed by atoms with van der Waals surface area (Å²) in [7, 11) is 0. The zero-order valence-electron chi connectivity index (χ0n) is 12.1. The van der Waals surface area contributed by atoms with Crippen LogP contribution in [-0.4, -0.2) is 28.9 Å². The number of amides is 2. The van der Waals surface area contributed by atoms with Crippen molar-refractivity contribution in [2.45, 2.75) is 25.4 Å². The van der Waals surface area contributed by atoms with Gasteiger partial charge < -0.3 is 10.6 Å². The predicted octanol–water partition coefficient (Wildman–Crippen LogP) is 2.61. The van der Waals surface area contributed by atoms with E-state index in [1.54, 1.807) is 6.07 Å². The molecule has 1 aromatic carbocycles. The molecule has 2 amide bonds. The lowest BCUT2D eigenvalue weighted by Crippen LogP contribution is -2.39. The van der Waals surface area contributed by atoms with Gasteiger partial charge in [0.05, 0.1) is 6.20 Å². The molecular weight excluding hydrogens is 341 g/mol. The van der Waals surface area contributed by atoms with Crippen LogP contribution < -0.4 is 10.6 Å². The number of benzene rings is 1. The second-order valence-electron chi connectivity index (χ2n) is 5.36. The average molecular weight is 354 g/mol. The first-order chi connectivity index (χ1) is 10.9. The zero-order chi connectivity index (χ0) is 16.6. The molecule has 8 heteroatoms. The molecule has 2 N–H and O–H groups in total. The molecule has 1 saturated heterocycles. The molecule has 0 spiro atoms. The summed E-state index contributed by atoms with van der Waals surface area (Å²) in [6.07, 6.45) is 1.96. The van der Waals surface area contributed by atoms with Crippen LogP contribution in [0.15, 0.2) is 24.4 Å². The van der Waals surface area contributed by atoms with Crippen LogP contribution in [0.1, 0.15) is 23.0 Å². The van der Waals surface area contributed by atoms with Gasteiger partial charge in [-0.25, -0.2) is 9.37 Å². The number of aromatic nitrogens is 1. The lowest BCUT2D eigenvalue weighted by Gasteiger charge is -2.08. The van der Waals surface area contributed by atoms with Crippen LogP contribution in [0, 0.1) is 5.82 Å². The third-order valence-corrected chi connectivity index (χ3v) is 4.70. The third-order valence-electron chi connectivity index (χ3n) is 3.44. The third kappa shape index (κ3) is 3.51. The van der Waals surface area contributed by atoms with E-state index in [0.717, 1.165) is 11.3 Å². The van der Waals surface area contributed by atoms with Crippen molar-refractivity contribution in [2.24, 2.45) is 0 Å². The van der Waals surface area contributed by atoms with Crippen LogP contribution in [0.4, 0.5) is 4.39 Å². The first-order valence-corrected chi connectivity index (χ1v) is 8.15. The van der Waals surface area contributed by atoms with Crippen LogP contribution in [0.5, 0.6) is 0 Å². The van der Waals surface area contributed by atoms with Crippen molar-refractivity contribution < 1.29 is 14.0 Å². The largest absolute Gasteiger partial charge is 0.352 e. The summed E-state index contributed by atoms with van der Waals surface area (Å²) in [6, 6.07) is 3.59. The molecule has 1 fully saturated rings. The summed E-state index contributed by atoms with van der Waals surface area (Å²) in [6.45, 7) is 1.88. The summed E-state index contributed by atoms with van der Waals surface area (Å²) in [4.78, 5) is 28.4. The van der Waals surface area contributed by atoms with E-state index < -0.39 is 11.9 Å². The van der Waals surface area contributed by atoms with E-state index >= 15 is 0 Å². The molecule has 1 aliphatic rings. The summed E-state index contributed by atoms with van der Waals surface area (Å²) in [5.41, 5.74) is 0.506. The van der Waals surface area contributed by atoms with Gasteiger partial charge in [0.1, 0.15) is 21.7 Å². The van der Waals surface area contributed by atoms with E-state index in [4.69, 9.17) is 11.6 Å². The molecule has 23 heavy (non-hydrogen) atoms. The van der Waals surface area contributed by atoms with E-state index in [1.807, 2.05) is 6.92 Å². The molecule has 1 aromatic heterocycles. The highest BCUT2D eigenvalue weighted by Crippen LogP contribution is 2.28. The van der Waals surface area contributed by atoms with Crippen molar-refractivity contribution in [3.63, 3.8) is 0 Å². The van der Waals surface area contributed by atoms with Gasteiger partial charge in [-0.15, -0.1) is 11.3 Å². The summed E-state index contributed by atoms with van der Waals surface area (Å²) in [5, 5.41) is 6.18. The molecule has 0 saturated carbocycles. The molecule has 1 aliphatic heterocycles. The molecule has 2 aromatic rings. The number of nitrogens with zero attached hydrogens (tertiary/aromatic N) is 1. The van der Waals surface area contributed by atoms with Gasteiger partial charge in [-0.05, 0) is 31.5 Å². The predicted molar refractivity (Wildman–Crippen MR) is 86.0 cm³/mol. The van der Waals surface area contributed by atoms with E-state index in [0.29, 0.717) is 21.9 Å². The quantitative estimate of drug-likeness (QED) is 0.891. The Kier molecular flexibility index (Phi) is 4.32. The fourth-order valence-electron chi connectivity index (χ4n) is 2.41. The summed E-state index contributed by atoms with van der Waals surface area (Å²) >= 11 is 6.94. The summed E-state index contributed by atoms with van der Waals surface area (Å²) in [5.74, 6) is -1.02. The molecule has 3 rings (SSSR count). The topological polar surface area (TPSA) is 71.1 Å².